The number of anilines is 1. The summed E-state index contributed by atoms with van der Waals surface area (Å²) >= 11 is 14.8. The number of allylic oxidation sites excluding steroid dienone is 2. The lowest BCUT2D eigenvalue weighted by Crippen LogP contribution is -2.60. The average Bonchev–Trinajstić information content (AvgIpc) is 3.34. The summed E-state index contributed by atoms with van der Waals surface area (Å²) in [6.45, 7) is 3.56. The third-order valence-electron chi connectivity index (χ3n) is 10.0. The van der Waals surface area contributed by atoms with Crippen LogP contribution in [0.1, 0.15) is 41.0 Å². The molecule has 1 N–H and O–H groups in total. The molecule has 10 heteroatoms. The maximum Gasteiger partial charge on any atom is 0.258 e. The Morgan fingerprint density at radius 2 is 1.53 bits per heavy atom. The zero-order chi connectivity index (χ0) is 32.0. The molecule has 7 nitrogen and oxygen atoms in total. The molecule has 7 rings (SSSR count). The van der Waals surface area contributed by atoms with Crippen LogP contribution in [0.3, 0.4) is 0 Å². The molecule has 0 bridgehead atoms. The molecule has 1 saturated carbocycles. The van der Waals surface area contributed by atoms with E-state index in [2.05, 4.69) is 0 Å². The number of likely N-dealkylation sites (tertiary alicyclic amines) is 1. The Hall–Kier alpha value is -4.01. The minimum Gasteiger partial charge on any atom is -0.507 e. The molecule has 0 aromatic heterocycles. The average molecular weight is 648 g/mol. The Balaban J connectivity index is 1.38. The number of benzene rings is 3. The zero-order valence-corrected chi connectivity index (χ0v) is 26.0. The van der Waals surface area contributed by atoms with E-state index in [0.29, 0.717) is 22.3 Å². The Morgan fingerprint density at radius 1 is 0.889 bits per heavy atom. The Morgan fingerprint density at radius 3 is 2.18 bits per heavy atom. The lowest BCUT2D eigenvalue weighted by atomic mass is 9.56. The van der Waals surface area contributed by atoms with Crippen molar-refractivity contribution in [2.75, 3.05) is 4.90 Å². The third kappa shape index (κ3) is 4.08. The molecule has 3 aromatic carbocycles. The number of hydrogen-bond acceptors (Lipinski definition) is 5. The molecule has 2 aliphatic carbocycles. The molecule has 2 heterocycles. The molecule has 3 fully saturated rings. The predicted molar refractivity (Wildman–Crippen MR) is 166 cm³/mol. The van der Waals surface area contributed by atoms with Gasteiger partial charge in [-0.05, 0) is 79.1 Å². The van der Waals surface area contributed by atoms with E-state index in [1.54, 1.807) is 26.0 Å². The highest BCUT2D eigenvalue weighted by Crippen LogP contribution is 2.66. The third-order valence-corrected chi connectivity index (χ3v) is 11.4. The van der Waals surface area contributed by atoms with Gasteiger partial charge in [-0.2, -0.15) is 0 Å². The number of carbonyl (C=O) groups is 4. The summed E-state index contributed by atoms with van der Waals surface area (Å²) in [5.74, 6) is -5.73. The number of hydrogen-bond donors (Lipinski definition) is 1. The number of alkyl halides is 2. The van der Waals surface area contributed by atoms with Crippen molar-refractivity contribution in [1.82, 2.24) is 4.90 Å². The SMILES string of the molecule is Cc1cc([C@H]2C3=CC[C@@H]4C(=O)N(Cc5ccccc5)C(=O)[C@@H]4[C@@H]3C[C@@]3(Cl)C(=O)N(c4ccc(F)cc4)C(=O)[C@@]23Cl)cc(C)c1O. The van der Waals surface area contributed by atoms with Crippen molar-refractivity contribution in [3.05, 3.63) is 106 Å². The van der Waals surface area contributed by atoms with E-state index in [0.717, 1.165) is 22.6 Å². The molecule has 0 unspecified atom stereocenters. The molecule has 230 valence electrons. The van der Waals surface area contributed by atoms with Gasteiger partial charge in [-0.25, -0.2) is 9.29 Å². The number of amides is 4. The van der Waals surface area contributed by atoms with Gasteiger partial charge in [0.15, 0.2) is 9.75 Å². The van der Waals surface area contributed by atoms with Gasteiger partial charge in [0.05, 0.1) is 24.1 Å². The van der Waals surface area contributed by atoms with Crippen LogP contribution in [0.5, 0.6) is 5.75 Å². The van der Waals surface area contributed by atoms with Crippen LogP contribution in [0.4, 0.5) is 10.1 Å². The number of carbonyl (C=O) groups excluding carboxylic acids is 4. The zero-order valence-electron chi connectivity index (χ0n) is 24.5. The van der Waals surface area contributed by atoms with Crippen LogP contribution in [0.25, 0.3) is 0 Å². The van der Waals surface area contributed by atoms with Gasteiger partial charge in [-0.1, -0.05) is 54.1 Å². The summed E-state index contributed by atoms with van der Waals surface area (Å²) in [4.78, 5) is 54.7. The smallest absolute Gasteiger partial charge is 0.258 e. The highest BCUT2D eigenvalue weighted by Gasteiger charge is 2.76. The van der Waals surface area contributed by atoms with E-state index in [4.69, 9.17) is 23.2 Å². The van der Waals surface area contributed by atoms with Gasteiger partial charge in [0, 0.05) is 5.92 Å². The molecule has 0 radical (unpaired) electrons. The first kappa shape index (κ1) is 29.7. The van der Waals surface area contributed by atoms with Crippen molar-refractivity contribution in [3.63, 3.8) is 0 Å². The highest BCUT2D eigenvalue weighted by atomic mass is 35.5. The molecule has 45 heavy (non-hydrogen) atoms. The number of fused-ring (bicyclic) bond motifs is 4. The van der Waals surface area contributed by atoms with Crippen molar-refractivity contribution in [2.45, 2.75) is 48.9 Å². The van der Waals surface area contributed by atoms with Gasteiger partial charge < -0.3 is 5.11 Å². The van der Waals surface area contributed by atoms with Gasteiger partial charge in [-0.15, -0.1) is 23.2 Å². The molecular weight excluding hydrogens is 618 g/mol. The van der Waals surface area contributed by atoms with E-state index >= 15 is 0 Å². The first-order valence-corrected chi connectivity index (χ1v) is 15.6. The standard InChI is InChI=1S/C35H29Cl2FN2O5/c1-18-14-21(15-19(2)29(18)41)28-24-12-13-25-27(31(43)39(30(25)42)17-20-6-4-3-5-7-20)26(24)16-34(36)32(44)40(33(45)35(28,34)37)23-10-8-22(38)9-11-23/h3-12,14-15,25-28,41H,13,16-17H2,1-2H3/t25-,26+,27-,28-,34+,35-/m0/s1. The number of rotatable bonds is 4. The number of aromatic hydroxyl groups is 1. The first-order valence-electron chi connectivity index (χ1n) is 14.8. The van der Waals surface area contributed by atoms with Crippen LogP contribution < -0.4 is 4.90 Å². The van der Waals surface area contributed by atoms with Gasteiger partial charge >= 0.3 is 0 Å². The fourth-order valence-corrected chi connectivity index (χ4v) is 8.85. The van der Waals surface area contributed by atoms with Crippen molar-refractivity contribution in [2.24, 2.45) is 17.8 Å². The van der Waals surface area contributed by atoms with Gasteiger partial charge in [0.2, 0.25) is 11.8 Å². The van der Waals surface area contributed by atoms with Gasteiger partial charge in [-0.3, -0.25) is 24.1 Å². The van der Waals surface area contributed by atoms with Crippen molar-refractivity contribution in [3.8, 4) is 5.75 Å². The van der Waals surface area contributed by atoms with E-state index in [1.807, 2.05) is 36.4 Å². The molecule has 0 spiro atoms. The lowest BCUT2D eigenvalue weighted by Gasteiger charge is -2.50. The van der Waals surface area contributed by atoms with Crippen LogP contribution in [0.2, 0.25) is 0 Å². The largest absolute Gasteiger partial charge is 0.507 e. The molecule has 4 aliphatic rings. The Bertz CT molecular complexity index is 1810. The maximum atomic E-state index is 14.4. The first-order chi connectivity index (χ1) is 21.4. The van der Waals surface area contributed by atoms with Gasteiger partial charge in [0.25, 0.3) is 11.8 Å². The summed E-state index contributed by atoms with van der Waals surface area (Å²) in [7, 11) is 0. The van der Waals surface area contributed by atoms with Crippen LogP contribution in [0, 0.1) is 37.4 Å². The number of phenolic OH excluding ortho intramolecular Hbond substituents is 1. The molecule has 2 aliphatic heterocycles. The van der Waals surface area contributed by atoms with Gasteiger partial charge in [0.1, 0.15) is 11.6 Å². The second kappa shape index (κ2) is 10.3. The van der Waals surface area contributed by atoms with Crippen LogP contribution in [-0.4, -0.2) is 43.4 Å². The van der Waals surface area contributed by atoms with Crippen molar-refractivity contribution >= 4 is 52.5 Å². The fraction of sp³-hybridized carbons (Fsp3) is 0.314. The van der Waals surface area contributed by atoms with E-state index in [1.165, 1.54) is 17.0 Å². The van der Waals surface area contributed by atoms with Crippen molar-refractivity contribution < 1.29 is 28.7 Å². The number of nitrogens with zero attached hydrogens (tertiary/aromatic N) is 2. The summed E-state index contributed by atoms with van der Waals surface area (Å²) in [6, 6.07) is 17.6. The number of halogens is 3. The summed E-state index contributed by atoms with van der Waals surface area (Å²) in [5.41, 5.74) is 3.22. The molecule has 4 amide bonds. The maximum absolute atomic E-state index is 14.4. The minimum atomic E-state index is -2.03. The number of phenols is 1. The predicted octanol–water partition coefficient (Wildman–Crippen LogP) is 5.91. The molecule has 6 atom stereocenters. The molecular formula is C35H29Cl2FN2O5. The number of imide groups is 2. The van der Waals surface area contributed by atoms with E-state index < -0.39 is 51.1 Å². The van der Waals surface area contributed by atoms with Crippen LogP contribution in [0.15, 0.2) is 78.4 Å². The monoisotopic (exact) mass is 646 g/mol. The quantitative estimate of drug-likeness (QED) is 0.216. The lowest BCUT2D eigenvalue weighted by molar-refractivity contribution is -0.141. The summed E-state index contributed by atoms with van der Waals surface area (Å²) in [6.07, 6.45) is 1.98. The second-order valence-electron chi connectivity index (χ2n) is 12.5. The topological polar surface area (TPSA) is 95.0 Å². The normalized spacial score (nSPS) is 30.7. The van der Waals surface area contributed by atoms with E-state index in [9.17, 15) is 28.7 Å². The minimum absolute atomic E-state index is 0.0828. The summed E-state index contributed by atoms with van der Waals surface area (Å²) < 4.78 is 13.8. The fourth-order valence-electron chi connectivity index (χ4n) is 7.92. The molecule has 3 aromatic rings. The van der Waals surface area contributed by atoms with Crippen LogP contribution >= 0.6 is 23.2 Å². The number of aryl methyl sites for hydroxylation is 2. The Kier molecular flexibility index (Phi) is 6.77. The van der Waals surface area contributed by atoms with Crippen molar-refractivity contribution in [1.29, 1.82) is 0 Å². The second-order valence-corrected chi connectivity index (χ2v) is 13.7. The summed E-state index contributed by atoms with van der Waals surface area (Å²) in [5, 5.41) is 10.6. The highest BCUT2D eigenvalue weighted by molar-refractivity contribution is 6.58. The van der Waals surface area contributed by atoms with Crippen LogP contribution in [-0.2, 0) is 25.7 Å². The molecule has 2 saturated heterocycles. The Labute approximate surface area is 269 Å². The van der Waals surface area contributed by atoms with E-state index in [-0.39, 0.29) is 42.6 Å².